The molecule has 174 valence electrons. The second-order valence-corrected chi connectivity index (χ2v) is 11.6. The summed E-state index contributed by atoms with van der Waals surface area (Å²) in [7, 11) is 1.63. The first-order valence-corrected chi connectivity index (χ1v) is 13.3. The molecule has 5 rings (SSSR count). The van der Waals surface area contributed by atoms with Crippen LogP contribution < -0.4 is 5.32 Å². The van der Waals surface area contributed by atoms with Gasteiger partial charge in [-0.05, 0) is 25.2 Å². The highest BCUT2D eigenvalue weighted by atomic mass is 32.2. The Morgan fingerprint density at radius 3 is 3.06 bits per heavy atom. The van der Waals surface area contributed by atoms with Crippen LogP contribution in [0.4, 0.5) is 0 Å². The fourth-order valence-electron chi connectivity index (χ4n) is 5.90. The molecule has 0 bridgehead atoms. The number of ether oxygens (including phenoxy) is 1. The number of aromatic nitrogens is 1. The average molecular weight is 479 g/mol. The van der Waals surface area contributed by atoms with Gasteiger partial charge in [0.25, 0.3) is 5.91 Å². The standard InChI is InChI=1S/C22H30N4O4S2/c1-30-12-19-23-15(13-31-19)9-18(27)24-17-4-2-3-14-10-25(11-16(14)17)21(29)22-6-5-20(28)26(22)7-8-32-22/h13-14,16-17H,2-12H2,1H3,(H,24,27). The lowest BCUT2D eigenvalue weighted by Gasteiger charge is -2.34. The van der Waals surface area contributed by atoms with Gasteiger partial charge in [-0.1, -0.05) is 6.42 Å². The Morgan fingerprint density at radius 2 is 2.22 bits per heavy atom. The Hall–Kier alpha value is -1.65. The summed E-state index contributed by atoms with van der Waals surface area (Å²) in [5.74, 6) is 1.74. The fourth-order valence-corrected chi connectivity index (χ4v) is 8.12. The molecule has 1 N–H and O–H groups in total. The normalized spacial score (nSPS) is 31.7. The molecular weight excluding hydrogens is 448 g/mol. The SMILES string of the molecule is COCc1nc(CC(=O)NC2CCCC3CN(C(=O)C45CCC(=O)N4CCS5)CC32)cs1. The molecule has 4 fully saturated rings. The van der Waals surface area contributed by atoms with Gasteiger partial charge in [0.15, 0.2) is 4.87 Å². The number of hydrogen-bond acceptors (Lipinski definition) is 7. The van der Waals surface area contributed by atoms with Crippen LogP contribution >= 0.6 is 23.1 Å². The highest BCUT2D eigenvalue weighted by molar-refractivity contribution is 8.01. The molecule has 1 saturated carbocycles. The van der Waals surface area contributed by atoms with Crippen molar-refractivity contribution < 1.29 is 19.1 Å². The van der Waals surface area contributed by atoms with Gasteiger partial charge in [0.05, 0.1) is 18.7 Å². The lowest BCUT2D eigenvalue weighted by atomic mass is 9.78. The van der Waals surface area contributed by atoms with Gasteiger partial charge in [-0.15, -0.1) is 23.1 Å². The number of rotatable bonds is 6. The monoisotopic (exact) mass is 478 g/mol. The first-order valence-electron chi connectivity index (χ1n) is 11.5. The summed E-state index contributed by atoms with van der Waals surface area (Å²) >= 11 is 3.15. The lowest BCUT2D eigenvalue weighted by molar-refractivity contribution is -0.141. The van der Waals surface area contributed by atoms with E-state index in [9.17, 15) is 14.4 Å². The maximum absolute atomic E-state index is 13.6. The molecule has 4 atom stereocenters. The van der Waals surface area contributed by atoms with Crippen LogP contribution in [0.2, 0.25) is 0 Å². The largest absolute Gasteiger partial charge is 0.378 e. The second-order valence-electron chi connectivity index (χ2n) is 9.26. The molecule has 3 amide bonds. The van der Waals surface area contributed by atoms with Gasteiger partial charge >= 0.3 is 0 Å². The molecule has 3 aliphatic heterocycles. The zero-order chi connectivity index (χ0) is 22.3. The summed E-state index contributed by atoms with van der Waals surface area (Å²) in [6.45, 7) is 2.56. The van der Waals surface area contributed by atoms with Crippen LogP contribution in [-0.2, 0) is 32.1 Å². The number of carbonyl (C=O) groups is 3. The van der Waals surface area contributed by atoms with Gasteiger partial charge in [0.2, 0.25) is 11.8 Å². The lowest BCUT2D eigenvalue weighted by Crippen LogP contribution is -2.52. The predicted molar refractivity (Wildman–Crippen MR) is 122 cm³/mol. The number of nitrogens with one attached hydrogen (secondary N) is 1. The van der Waals surface area contributed by atoms with Crippen LogP contribution in [0, 0.1) is 11.8 Å². The molecule has 0 spiro atoms. The van der Waals surface area contributed by atoms with E-state index in [-0.39, 0.29) is 36.1 Å². The van der Waals surface area contributed by atoms with E-state index in [2.05, 4.69) is 10.3 Å². The molecule has 10 heteroatoms. The molecule has 4 heterocycles. The van der Waals surface area contributed by atoms with Crippen LogP contribution in [-0.4, -0.2) is 75.9 Å². The first kappa shape index (κ1) is 22.2. The van der Waals surface area contributed by atoms with Crippen LogP contribution in [0.3, 0.4) is 0 Å². The molecule has 4 unspecified atom stereocenters. The maximum atomic E-state index is 13.6. The molecule has 0 radical (unpaired) electrons. The maximum Gasteiger partial charge on any atom is 0.259 e. The number of methoxy groups -OCH3 is 1. The van der Waals surface area contributed by atoms with E-state index in [1.165, 1.54) is 11.3 Å². The number of nitrogens with zero attached hydrogens (tertiary/aromatic N) is 3. The summed E-state index contributed by atoms with van der Waals surface area (Å²) in [6.07, 6.45) is 4.48. The van der Waals surface area contributed by atoms with Gasteiger partial charge in [-0.3, -0.25) is 14.4 Å². The number of carbonyl (C=O) groups excluding carboxylic acids is 3. The van der Waals surface area contributed by atoms with Crippen molar-refractivity contribution in [2.24, 2.45) is 11.8 Å². The van der Waals surface area contributed by atoms with E-state index in [4.69, 9.17) is 4.74 Å². The quantitative estimate of drug-likeness (QED) is 0.668. The minimum atomic E-state index is -0.673. The molecule has 3 saturated heterocycles. The van der Waals surface area contributed by atoms with Gasteiger partial charge in [0, 0.05) is 56.3 Å². The molecule has 1 aliphatic carbocycles. The number of hydrogen-bond donors (Lipinski definition) is 1. The first-order chi connectivity index (χ1) is 15.5. The van der Waals surface area contributed by atoms with Gasteiger partial charge in [0.1, 0.15) is 5.01 Å². The van der Waals surface area contributed by atoms with Crippen LogP contribution in [0.25, 0.3) is 0 Å². The van der Waals surface area contributed by atoms with Crippen molar-refractivity contribution in [3.63, 3.8) is 0 Å². The average Bonchev–Trinajstić information content (AvgIpc) is 3.53. The summed E-state index contributed by atoms with van der Waals surface area (Å²) in [5, 5.41) is 6.04. The highest BCUT2D eigenvalue weighted by Crippen LogP contribution is 2.47. The zero-order valence-corrected chi connectivity index (χ0v) is 20.0. The molecular formula is C22H30N4O4S2. The number of fused-ring (bicyclic) bond motifs is 2. The summed E-state index contributed by atoms with van der Waals surface area (Å²) in [5.41, 5.74) is 0.776. The fraction of sp³-hybridized carbons (Fsp3) is 0.727. The van der Waals surface area contributed by atoms with Crippen LogP contribution in [0.5, 0.6) is 0 Å². The Kier molecular flexibility index (Phi) is 6.19. The van der Waals surface area contributed by atoms with Crippen molar-refractivity contribution in [3.8, 4) is 0 Å². The summed E-state index contributed by atoms with van der Waals surface area (Å²) < 4.78 is 5.10. The van der Waals surface area contributed by atoms with E-state index in [1.54, 1.807) is 18.9 Å². The minimum Gasteiger partial charge on any atom is -0.378 e. The molecule has 8 nitrogen and oxygen atoms in total. The van der Waals surface area contributed by atoms with E-state index in [0.717, 1.165) is 42.3 Å². The topological polar surface area (TPSA) is 91.8 Å². The van der Waals surface area contributed by atoms with Gasteiger partial charge in [-0.25, -0.2) is 4.98 Å². The Labute approximate surface area is 196 Å². The van der Waals surface area contributed by atoms with E-state index < -0.39 is 4.87 Å². The third-order valence-corrected chi connectivity index (χ3v) is 9.68. The summed E-state index contributed by atoms with van der Waals surface area (Å²) in [6, 6.07) is 0.0891. The van der Waals surface area contributed by atoms with E-state index >= 15 is 0 Å². The minimum absolute atomic E-state index is 0.00722. The van der Waals surface area contributed by atoms with Crippen LogP contribution in [0.15, 0.2) is 5.38 Å². The van der Waals surface area contributed by atoms with Crippen molar-refractivity contribution in [1.82, 2.24) is 20.1 Å². The Balaban J connectivity index is 1.22. The molecule has 0 aromatic carbocycles. The summed E-state index contributed by atoms with van der Waals surface area (Å²) in [4.78, 5) is 46.2. The van der Waals surface area contributed by atoms with Crippen molar-refractivity contribution in [2.45, 2.75) is 56.0 Å². The third kappa shape index (κ3) is 3.94. The van der Waals surface area contributed by atoms with Gasteiger partial charge < -0.3 is 19.9 Å². The number of amides is 3. The smallest absolute Gasteiger partial charge is 0.259 e. The number of likely N-dealkylation sites (tertiary alicyclic amines) is 1. The Morgan fingerprint density at radius 1 is 1.34 bits per heavy atom. The number of thioether (sulfide) groups is 1. The third-order valence-electron chi connectivity index (χ3n) is 7.35. The molecule has 4 aliphatic rings. The predicted octanol–water partition coefficient (Wildman–Crippen LogP) is 1.64. The van der Waals surface area contributed by atoms with E-state index in [0.29, 0.717) is 38.5 Å². The van der Waals surface area contributed by atoms with Gasteiger partial charge in [-0.2, -0.15) is 0 Å². The number of thiazole rings is 1. The van der Waals surface area contributed by atoms with E-state index in [1.807, 2.05) is 15.2 Å². The molecule has 1 aromatic rings. The van der Waals surface area contributed by atoms with Crippen molar-refractivity contribution in [2.75, 3.05) is 32.5 Å². The van der Waals surface area contributed by atoms with Crippen molar-refractivity contribution in [1.29, 1.82) is 0 Å². The highest BCUT2D eigenvalue weighted by Gasteiger charge is 2.57. The van der Waals surface area contributed by atoms with Crippen molar-refractivity contribution in [3.05, 3.63) is 16.1 Å². The molecule has 1 aromatic heterocycles. The second kappa shape index (κ2) is 8.95. The molecule has 32 heavy (non-hydrogen) atoms. The Bertz CT molecular complexity index is 908. The zero-order valence-electron chi connectivity index (χ0n) is 18.4. The van der Waals surface area contributed by atoms with Crippen molar-refractivity contribution >= 4 is 40.8 Å². The van der Waals surface area contributed by atoms with Crippen LogP contribution in [0.1, 0.15) is 42.8 Å².